The molecule has 1 saturated carbocycles. The van der Waals surface area contributed by atoms with E-state index in [0.717, 1.165) is 18.4 Å². The smallest absolute Gasteiger partial charge is 0.243 e. The van der Waals surface area contributed by atoms with Gasteiger partial charge in [-0.1, -0.05) is 17.7 Å². The van der Waals surface area contributed by atoms with Crippen LogP contribution in [-0.2, 0) is 21.3 Å². The van der Waals surface area contributed by atoms with Crippen molar-refractivity contribution in [3.63, 3.8) is 0 Å². The molecule has 0 unspecified atom stereocenters. The number of methoxy groups -OCH3 is 1. The van der Waals surface area contributed by atoms with Gasteiger partial charge in [-0.2, -0.15) is 4.31 Å². The molecule has 1 fully saturated rings. The van der Waals surface area contributed by atoms with Gasteiger partial charge in [-0.25, -0.2) is 8.42 Å². The van der Waals surface area contributed by atoms with Crippen molar-refractivity contribution in [2.75, 3.05) is 27.3 Å². The second-order valence-electron chi connectivity index (χ2n) is 5.12. The summed E-state index contributed by atoms with van der Waals surface area (Å²) in [5, 5.41) is 3.47. The lowest BCUT2D eigenvalue weighted by Crippen LogP contribution is -2.35. The molecule has 1 aromatic carbocycles. The van der Waals surface area contributed by atoms with Gasteiger partial charge < -0.3 is 10.1 Å². The summed E-state index contributed by atoms with van der Waals surface area (Å²) in [6.45, 7) is 1.37. The van der Waals surface area contributed by atoms with E-state index >= 15 is 0 Å². The molecule has 5 nitrogen and oxygen atoms in total. The molecule has 0 aliphatic heterocycles. The van der Waals surface area contributed by atoms with Crippen molar-refractivity contribution in [2.45, 2.75) is 30.3 Å². The van der Waals surface area contributed by atoms with Gasteiger partial charge in [0.25, 0.3) is 0 Å². The number of nitrogens with zero attached hydrogens (tertiary/aromatic N) is 1. The van der Waals surface area contributed by atoms with Gasteiger partial charge in [-0.05, 0) is 37.6 Å². The van der Waals surface area contributed by atoms with Crippen molar-refractivity contribution in [1.29, 1.82) is 0 Å². The molecule has 0 aromatic heterocycles. The summed E-state index contributed by atoms with van der Waals surface area (Å²) < 4.78 is 32.0. The van der Waals surface area contributed by atoms with Crippen molar-refractivity contribution in [3.8, 4) is 0 Å². The fraction of sp³-hybridized carbons (Fsp3) is 0.571. The monoisotopic (exact) mass is 332 g/mol. The van der Waals surface area contributed by atoms with E-state index in [1.54, 1.807) is 19.2 Å². The van der Waals surface area contributed by atoms with Gasteiger partial charge in [-0.3, -0.25) is 0 Å². The number of hydrogen-bond acceptors (Lipinski definition) is 4. The van der Waals surface area contributed by atoms with Crippen LogP contribution < -0.4 is 5.32 Å². The maximum absolute atomic E-state index is 12.7. The zero-order chi connectivity index (χ0) is 15.5. The molecule has 0 heterocycles. The number of sulfonamides is 1. The van der Waals surface area contributed by atoms with Gasteiger partial charge in [0.05, 0.1) is 11.5 Å². The SMILES string of the molecule is CNCc1ccc(S(=O)(=O)N(CCOC)C2CC2)cc1Cl. The maximum atomic E-state index is 12.7. The molecule has 7 heteroatoms. The number of rotatable bonds is 8. The Balaban J connectivity index is 2.26. The first-order valence-electron chi connectivity index (χ1n) is 6.94. The summed E-state index contributed by atoms with van der Waals surface area (Å²) in [6, 6.07) is 5.01. The predicted molar refractivity (Wildman–Crippen MR) is 83.0 cm³/mol. The predicted octanol–water partition coefficient (Wildman–Crippen LogP) is 1.86. The average Bonchev–Trinajstić information content (AvgIpc) is 3.26. The summed E-state index contributed by atoms with van der Waals surface area (Å²) in [4.78, 5) is 0.246. The molecule has 0 amide bonds. The Morgan fingerprint density at radius 2 is 2.14 bits per heavy atom. The van der Waals surface area contributed by atoms with Crippen LogP contribution >= 0.6 is 11.6 Å². The van der Waals surface area contributed by atoms with E-state index in [4.69, 9.17) is 16.3 Å². The van der Waals surface area contributed by atoms with E-state index in [1.807, 2.05) is 7.05 Å². The van der Waals surface area contributed by atoms with Crippen molar-refractivity contribution in [1.82, 2.24) is 9.62 Å². The summed E-state index contributed by atoms with van der Waals surface area (Å²) in [7, 11) is -0.125. The molecule has 1 aliphatic rings. The minimum atomic E-state index is -3.52. The summed E-state index contributed by atoms with van der Waals surface area (Å²) in [5.74, 6) is 0. The largest absolute Gasteiger partial charge is 0.383 e. The standard InChI is InChI=1S/C14H21ClN2O3S/c1-16-10-11-3-6-13(9-14(11)15)21(18,19)17(7-8-20-2)12-4-5-12/h3,6,9,12,16H,4-5,7-8,10H2,1-2H3. The lowest BCUT2D eigenvalue weighted by Gasteiger charge is -2.22. The van der Waals surface area contributed by atoms with E-state index in [0.29, 0.717) is 24.7 Å². The Labute approximate surface area is 131 Å². The normalized spacial score (nSPS) is 15.6. The quantitative estimate of drug-likeness (QED) is 0.789. The summed E-state index contributed by atoms with van der Waals surface area (Å²) in [6.07, 6.45) is 1.82. The van der Waals surface area contributed by atoms with Gasteiger partial charge >= 0.3 is 0 Å². The Kier molecular flexibility index (Phi) is 5.62. The topological polar surface area (TPSA) is 58.6 Å². The highest BCUT2D eigenvalue weighted by atomic mass is 35.5. The fourth-order valence-corrected chi connectivity index (χ4v) is 4.21. The molecular formula is C14H21ClN2O3S. The van der Waals surface area contributed by atoms with E-state index in [2.05, 4.69) is 5.32 Å². The van der Waals surface area contributed by atoms with Crippen LogP contribution in [-0.4, -0.2) is 46.1 Å². The zero-order valence-electron chi connectivity index (χ0n) is 12.3. The maximum Gasteiger partial charge on any atom is 0.243 e. The Morgan fingerprint density at radius 3 is 2.67 bits per heavy atom. The molecule has 21 heavy (non-hydrogen) atoms. The van der Waals surface area contributed by atoms with Gasteiger partial charge in [0, 0.05) is 31.3 Å². The molecule has 0 radical (unpaired) electrons. The van der Waals surface area contributed by atoms with Crippen LogP contribution in [0.2, 0.25) is 5.02 Å². The van der Waals surface area contributed by atoms with Crippen molar-refractivity contribution < 1.29 is 13.2 Å². The molecule has 0 atom stereocenters. The molecule has 118 valence electrons. The van der Waals surface area contributed by atoms with Crippen LogP contribution in [0.3, 0.4) is 0 Å². The van der Waals surface area contributed by atoms with E-state index in [1.165, 1.54) is 10.4 Å². The van der Waals surface area contributed by atoms with Crippen LogP contribution in [0.1, 0.15) is 18.4 Å². The molecule has 1 aromatic rings. The Hall–Kier alpha value is -0.660. The number of halogens is 1. The highest BCUT2D eigenvalue weighted by molar-refractivity contribution is 7.89. The van der Waals surface area contributed by atoms with Gasteiger partial charge in [0.1, 0.15) is 0 Å². The molecular weight excluding hydrogens is 312 g/mol. The highest BCUT2D eigenvalue weighted by Crippen LogP contribution is 2.32. The van der Waals surface area contributed by atoms with Gasteiger partial charge in [0.15, 0.2) is 0 Å². The third-order valence-electron chi connectivity index (χ3n) is 3.47. The van der Waals surface area contributed by atoms with Crippen LogP contribution in [0, 0.1) is 0 Å². The Bertz CT molecular complexity index is 588. The third-order valence-corrected chi connectivity index (χ3v) is 5.77. The van der Waals surface area contributed by atoms with Crippen LogP contribution in [0.4, 0.5) is 0 Å². The van der Waals surface area contributed by atoms with Gasteiger partial charge in [-0.15, -0.1) is 0 Å². The minimum absolute atomic E-state index is 0.0981. The first-order chi connectivity index (χ1) is 10.0. The first kappa shape index (κ1) is 16.7. The molecule has 0 spiro atoms. The lowest BCUT2D eigenvalue weighted by atomic mass is 10.2. The van der Waals surface area contributed by atoms with Crippen molar-refractivity contribution in [3.05, 3.63) is 28.8 Å². The minimum Gasteiger partial charge on any atom is -0.383 e. The van der Waals surface area contributed by atoms with E-state index in [-0.39, 0.29) is 10.9 Å². The van der Waals surface area contributed by atoms with Crippen molar-refractivity contribution >= 4 is 21.6 Å². The summed E-state index contributed by atoms with van der Waals surface area (Å²) in [5.41, 5.74) is 0.882. The van der Waals surface area contributed by atoms with Crippen LogP contribution in [0.15, 0.2) is 23.1 Å². The first-order valence-corrected chi connectivity index (χ1v) is 8.76. The highest BCUT2D eigenvalue weighted by Gasteiger charge is 2.37. The fourth-order valence-electron chi connectivity index (χ4n) is 2.20. The number of benzene rings is 1. The second-order valence-corrected chi connectivity index (χ2v) is 7.42. The Morgan fingerprint density at radius 1 is 1.43 bits per heavy atom. The zero-order valence-corrected chi connectivity index (χ0v) is 13.9. The number of nitrogens with one attached hydrogen (secondary N) is 1. The molecule has 0 bridgehead atoms. The number of hydrogen-bond donors (Lipinski definition) is 1. The molecule has 2 rings (SSSR count). The molecule has 1 aliphatic carbocycles. The van der Waals surface area contributed by atoms with E-state index in [9.17, 15) is 8.42 Å². The lowest BCUT2D eigenvalue weighted by molar-refractivity contribution is 0.177. The third kappa shape index (κ3) is 3.96. The molecule has 0 saturated heterocycles. The second kappa shape index (κ2) is 7.07. The van der Waals surface area contributed by atoms with Gasteiger partial charge in [0.2, 0.25) is 10.0 Å². The van der Waals surface area contributed by atoms with Crippen LogP contribution in [0.25, 0.3) is 0 Å². The molecule has 1 N–H and O–H groups in total. The summed E-state index contributed by atoms with van der Waals surface area (Å²) >= 11 is 6.17. The number of ether oxygens (including phenoxy) is 1. The van der Waals surface area contributed by atoms with E-state index < -0.39 is 10.0 Å². The van der Waals surface area contributed by atoms with Crippen molar-refractivity contribution in [2.24, 2.45) is 0 Å². The average molecular weight is 333 g/mol. The van der Waals surface area contributed by atoms with Crippen LogP contribution in [0.5, 0.6) is 0 Å².